The van der Waals surface area contributed by atoms with E-state index in [9.17, 15) is 9.59 Å². The van der Waals surface area contributed by atoms with Crippen molar-refractivity contribution in [3.05, 3.63) is 81.9 Å². The number of benzene rings is 2. The summed E-state index contributed by atoms with van der Waals surface area (Å²) in [6.45, 7) is 8.45. The predicted octanol–water partition coefficient (Wildman–Crippen LogP) is 4.10. The van der Waals surface area contributed by atoms with Crippen LogP contribution in [-0.4, -0.2) is 31.5 Å². The van der Waals surface area contributed by atoms with Crippen LogP contribution in [0.3, 0.4) is 0 Å². The van der Waals surface area contributed by atoms with Gasteiger partial charge < -0.3 is 10.3 Å². The largest absolute Gasteiger partial charge is 0.350 e. The summed E-state index contributed by atoms with van der Waals surface area (Å²) in [6.07, 6.45) is 1.66. The molecular weight excluding hydrogens is 402 g/mol. The molecule has 7 heteroatoms. The van der Waals surface area contributed by atoms with Crippen molar-refractivity contribution in [3.63, 3.8) is 0 Å². The van der Waals surface area contributed by atoms with Crippen LogP contribution in [0.4, 0.5) is 0 Å². The fraction of sp³-hybridized carbons (Fsp3) is 0.280. The molecule has 2 N–H and O–H groups in total. The van der Waals surface area contributed by atoms with Gasteiger partial charge in [0.15, 0.2) is 11.5 Å². The van der Waals surface area contributed by atoms with Crippen molar-refractivity contribution in [2.24, 2.45) is 0 Å². The average molecular weight is 430 g/mol. The number of carbonyl (C=O) groups is 1. The highest BCUT2D eigenvalue weighted by Gasteiger charge is 2.15. The zero-order valence-electron chi connectivity index (χ0n) is 18.7. The Labute approximate surface area is 186 Å². The van der Waals surface area contributed by atoms with Gasteiger partial charge in [0.25, 0.3) is 5.91 Å². The fourth-order valence-electron chi connectivity index (χ4n) is 3.72. The van der Waals surface area contributed by atoms with Crippen molar-refractivity contribution in [1.82, 2.24) is 24.8 Å². The second kappa shape index (κ2) is 8.78. The second-order valence-electron chi connectivity index (χ2n) is 8.51. The van der Waals surface area contributed by atoms with Crippen LogP contribution < -0.4 is 11.0 Å². The van der Waals surface area contributed by atoms with Crippen LogP contribution in [0.15, 0.2) is 59.5 Å². The van der Waals surface area contributed by atoms with Crippen molar-refractivity contribution in [3.8, 4) is 11.4 Å². The van der Waals surface area contributed by atoms with Crippen LogP contribution in [0.1, 0.15) is 55.1 Å². The Morgan fingerprint density at radius 1 is 1.06 bits per heavy atom. The highest BCUT2D eigenvalue weighted by molar-refractivity contribution is 5.94. The number of aromatic nitrogens is 4. The summed E-state index contributed by atoms with van der Waals surface area (Å²) in [4.78, 5) is 36.9. The first kappa shape index (κ1) is 21.5. The molecule has 0 aliphatic rings. The number of hydrogen-bond acceptors (Lipinski definition) is 4. The van der Waals surface area contributed by atoms with Crippen LogP contribution in [0.2, 0.25) is 0 Å². The van der Waals surface area contributed by atoms with Gasteiger partial charge in [0.1, 0.15) is 5.52 Å². The van der Waals surface area contributed by atoms with Gasteiger partial charge in [-0.25, -0.2) is 14.8 Å². The molecule has 1 amide bonds. The van der Waals surface area contributed by atoms with Gasteiger partial charge in [0.2, 0.25) is 0 Å². The van der Waals surface area contributed by atoms with E-state index in [2.05, 4.69) is 35.2 Å². The molecule has 0 fully saturated rings. The normalized spacial score (nSPS) is 11.4. The summed E-state index contributed by atoms with van der Waals surface area (Å²) >= 11 is 0. The Morgan fingerprint density at radius 2 is 1.78 bits per heavy atom. The zero-order valence-corrected chi connectivity index (χ0v) is 18.7. The third-order valence-electron chi connectivity index (χ3n) is 5.31. The van der Waals surface area contributed by atoms with Gasteiger partial charge >= 0.3 is 5.69 Å². The summed E-state index contributed by atoms with van der Waals surface area (Å²) in [7, 11) is 0. The van der Waals surface area contributed by atoms with Crippen molar-refractivity contribution in [2.45, 2.75) is 46.2 Å². The van der Waals surface area contributed by atoms with Gasteiger partial charge in [-0.05, 0) is 43.0 Å². The monoisotopic (exact) mass is 429 g/mol. The van der Waals surface area contributed by atoms with Crippen molar-refractivity contribution < 1.29 is 4.79 Å². The molecule has 0 saturated carbocycles. The molecule has 0 radical (unpaired) electrons. The molecule has 0 saturated heterocycles. The van der Waals surface area contributed by atoms with Gasteiger partial charge in [-0.3, -0.25) is 9.36 Å². The molecule has 164 valence electrons. The van der Waals surface area contributed by atoms with E-state index in [0.29, 0.717) is 35.0 Å². The minimum Gasteiger partial charge on any atom is -0.350 e. The third-order valence-corrected chi connectivity index (χ3v) is 5.31. The molecule has 2 heterocycles. The Kier molecular flexibility index (Phi) is 5.90. The van der Waals surface area contributed by atoms with Crippen molar-refractivity contribution in [2.75, 3.05) is 0 Å². The van der Waals surface area contributed by atoms with Crippen molar-refractivity contribution >= 4 is 17.1 Å². The number of carbonyl (C=O) groups excluding carboxylic acids is 1. The Hall–Kier alpha value is -3.74. The minimum atomic E-state index is -0.245. The lowest BCUT2D eigenvalue weighted by atomic mass is 9.97. The number of fused-ring (bicyclic) bond motifs is 1. The van der Waals surface area contributed by atoms with E-state index in [0.717, 1.165) is 16.7 Å². The van der Waals surface area contributed by atoms with Gasteiger partial charge in [-0.1, -0.05) is 50.2 Å². The maximum Gasteiger partial charge on any atom is 0.328 e. The molecule has 2 aromatic heterocycles. The van der Waals surface area contributed by atoms with E-state index in [4.69, 9.17) is 4.98 Å². The van der Waals surface area contributed by atoms with Crippen LogP contribution >= 0.6 is 0 Å². The summed E-state index contributed by atoms with van der Waals surface area (Å²) < 4.78 is 1.60. The van der Waals surface area contributed by atoms with E-state index in [1.54, 1.807) is 22.9 Å². The van der Waals surface area contributed by atoms with E-state index < -0.39 is 0 Å². The lowest BCUT2D eigenvalue weighted by molar-refractivity contribution is 0.0943. The average Bonchev–Trinajstić information content (AvgIpc) is 3.08. The number of rotatable bonds is 6. The zero-order chi connectivity index (χ0) is 22.8. The molecule has 0 unspecified atom stereocenters. The van der Waals surface area contributed by atoms with E-state index in [-0.39, 0.29) is 17.6 Å². The summed E-state index contributed by atoms with van der Waals surface area (Å²) in [5.41, 5.74) is 4.51. The lowest BCUT2D eigenvalue weighted by Gasteiger charge is -2.12. The highest BCUT2D eigenvalue weighted by atomic mass is 16.2. The number of hydrogen-bond donors (Lipinski definition) is 2. The van der Waals surface area contributed by atoms with Crippen LogP contribution in [0.5, 0.6) is 0 Å². The number of H-pyrrole nitrogens is 1. The topological polar surface area (TPSA) is 92.7 Å². The molecule has 0 aliphatic heterocycles. The minimum absolute atomic E-state index is 0.0710. The number of imidazole rings is 1. The molecule has 2 aromatic carbocycles. The molecule has 4 rings (SSSR count). The molecular formula is C25H27N5O2. The second-order valence-corrected chi connectivity index (χ2v) is 8.51. The molecule has 0 bridgehead atoms. The number of amides is 1. The van der Waals surface area contributed by atoms with E-state index in [1.165, 1.54) is 0 Å². The summed E-state index contributed by atoms with van der Waals surface area (Å²) in [6, 6.07) is 15.4. The smallest absolute Gasteiger partial charge is 0.328 e. The summed E-state index contributed by atoms with van der Waals surface area (Å²) in [5.74, 6) is 0.803. The SMILES string of the molecule is CC(C)NC(=O)c1ccc(Cn2c(=O)[nH]c3cnc(-c4ccccc4C(C)C)nc32)cc1. The Morgan fingerprint density at radius 3 is 2.47 bits per heavy atom. The lowest BCUT2D eigenvalue weighted by Crippen LogP contribution is -2.30. The molecule has 0 atom stereocenters. The molecule has 32 heavy (non-hydrogen) atoms. The summed E-state index contributed by atoms with van der Waals surface area (Å²) in [5, 5.41) is 2.88. The van der Waals surface area contributed by atoms with Crippen LogP contribution in [0, 0.1) is 0 Å². The Bertz CT molecular complexity index is 1320. The van der Waals surface area contributed by atoms with Gasteiger partial charge in [-0.15, -0.1) is 0 Å². The van der Waals surface area contributed by atoms with Gasteiger partial charge in [0.05, 0.1) is 12.7 Å². The number of aromatic amines is 1. The first-order chi connectivity index (χ1) is 15.3. The number of nitrogens with zero attached hydrogens (tertiary/aromatic N) is 3. The first-order valence-corrected chi connectivity index (χ1v) is 10.8. The van der Waals surface area contributed by atoms with Crippen LogP contribution in [-0.2, 0) is 6.54 Å². The predicted molar refractivity (Wildman–Crippen MR) is 126 cm³/mol. The maximum absolute atomic E-state index is 12.6. The molecule has 4 aromatic rings. The van der Waals surface area contributed by atoms with Crippen molar-refractivity contribution in [1.29, 1.82) is 0 Å². The maximum atomic E-state index is 12.6. The molecule has 0 spiro atoms. The van der Waals surface area contributed by atoms with Crippen LogP contribution in [0.25, 0.3) is 22.6 Å². The van der Waals surface area contributed by atoms with E-state index in [1.807, 2.05) is 44.2 Å². The molecule has 0 aliphatic carbocycles. The highest BCUT2D eigenvalue weighted by Crippen LogP contribution is 2.27. The number of nitrogens with one attached hydrogen (secondary N) is 2. The van der Waals surface area contributed by atoms with Gasteiger partial charge in [-0.2, -0.15) is 0 Å². The van der Waals surface area contributed by atoms with E-state index >= 15 is 0 Å². The third kappa shape index (κ3) is 4.32. The van der Waals surface area contributed by atoms with Gasteiger partial charge in [0, 0.05) is 17.2 Å². The first-order valence-electron chi connectivity index (χ1n) is 10.8. The standard InChI is InChI=1S/C25H27N5O2/c1-15(2)19-7-5-6-8-20(19)22-26-13-21-23(29-22)30(25(32)28-21)14-17-9-11-18(12-10-17)24(31)27-16(3)4/h5-13,15-16H,14H2,1-4H3,(H,27,31)(H,28,32). The quantitative estimate of drug-likeness (QED) is 0.483. The molecule has 7 nitrogen and oxygen atoms in total. The fourth-order valence-corrected chi connectivity index (χ4v) is 3.72. The Balaban J connectivity index is 1.68.